The van der Waals surface area contributed by atoms with Gasteiger partial charge in [-0.3, -0.25) is 14.4 Å². The Labute approximate surface area is 157 Å². The van der Waals surface area contributed by atoms with Gasteiger partial charge in [-0.25, -0.2) is 4.79 Å². The van der Waals surface area contributed by atoms with Gasteiger partial charge >= 0.3 is 5.97 Å². The fraction of sp³-hybridized carbons (Fsp3) is 0.474. The third kappa shape index (κ3) is 4.27. The lowest BCUT2D eigenvalue weighted by Crippen LogP contribution is -2.51. The van der Waals surface area contributed by atoms with Gasteiger partial charge in [0.15, 0.2) is 6.61 Å². The molecule has 1 aromatic carbocycles. The Balaban J connectivity index is 1.61. The Morgan fingerprint density at radius 2 is 1.96 bits per heavy atom. The molecule has 2 aliphatic heterocycles. The second kappa shape index (κ2) is 8.20. The summed E-state index contributed by atoms with van der Waals surface area (Å²) in [5, 5.41) is 0. The number of ether oxygens (including phenoxy) is 1. The van der Waals surface area contributed by atoms with Crippen molar-refractivity contribution in [2.24, 2.45) is 5.73 Å². The first kappa shape index (κ1) is 18.9. The summed E-state index contributed by atoms with van der Waals surface area (Å²) in [6.45, 7) is 0.602. The maximum Gasteiger partial charge on any atom is 0.338 e. The normalized spacial score (nSPS) is 19.9. The predicted molar refractivity (Wildman–Crippen MR) is 96.9 cm³/mol. The van der Waals surface area contributed by atoms with Crippen LogP contribution in [0.1, 0.15) is 42.5 Å². The molecule has 2 heterocycles. The summed E-state index contributed by atoms with van der Waals surface area (Å²) in [7, 11) is 0. The first-order valence-electron chi connectivity index (χ1n) is 9.13. The van der Waals surface area contributed by atoms with Gasteiger partial charge in [0.2, 0.25) is 11.8 Å². The molecule has 8 nitrogen and oxygen atoms in total. The summed E-state index contributed by atoms with van der Waals surface area (Å²) in [5.74, 6) is -1.60. The zero-order valence-corrected chi connectivity index (χ0v) is 15.1. The van der Waals surface area contributed by atoms with Crippen LogP contribution in [0.4, 0.5) is 5.69 Å². The van der Waals surface area contributed by atoms with Crippen molar-refractivity contribution in [2.75, 3.05) is 24.6 Å². The molecule has 0 bridgehead atoms. The van der Waals surface area contributed by atoms with Crippen molar-refractivity contribution < 1.29 is 23.9 Å². The highest BCUT2D eigenvalue weighted by atomic mass is 16.5. The van der Waals surface area contributed by atoms with Gasteiger partial charge in [0.05, 0.1) is 5.56 Å². The van der Waals surface area contributed by atoms with Crippen LogP contribution in [0, 0.1) is 0 Å². The van der Waals surface area contributed by atoms with Crippen LogP contribution in [0.3, 0.4) is 0 Å². The lowest BCUT2D eigenvalue weighted by Gasteiger charge is -2.33. The lowest BCUT2D eigenvalue weighted by atomic mass is 10.0. The molecule has 2 aliphatic rings. The van der Waals surface area contributed by atoms with E-state index in [0.717, 1.165) is 19.3 Å². The largest absolute Gasteiger partial charge is 0.452 e. The van der Waals surface area contributed by atoms with Crippen LogP contribution in [0.15, 0.2) is 24.3 Å². The lowest BCUT2D eigenvalue weighted by molar-refractivity contribution is -0.143. The molecular weight excluding hydrogens is 350 g/mol. The number of carbonyl (C=O) groups is 4. The molecule has 1 aromatic rings. The Hall–Kier alpha value is -2.90. The molecule has 0 saturated carbocycles. The van der Waals surface area contributed by atoms with E-state index in [0.29, 0.717) is 31.6 Å². The van der Waals surface area contributed by atoms with E-state index in [1.165, 1.54) is 4.90 Å². The third-order valence-electron chi connectivity index (χ3n) is 4.95. The zero-order valence-electron chi connectivity index (χ0n) is 15.1. The van der Waals surface area contributed by atoms with E-state index in [4.69, 9.17) is 10.5 Å². The monoisotopic (exact) mass is 373 g/mol. The highest BCUT2D eigenvalue weighted by Gasteiger charge is 2.31. The van der Waals surface area contributed by atoms with Gasteiger partial charge in [0.25, 0.3) is 5.91 Å². The van der Waals surface area contributed by atoms with Gasteiger partial charge in [-0.05, 0) is 43.9 Å². The SMILES string of the molecule is NC(=O)[C@H]1CCCCN1C(=O)COC(=O)c1cccc(N2CCCC2=O)c1. The van der Waals surface area contributed by atoms with E-state index in [2.05, 4.69) is 0 Å². The molecule has 3 amide bonds. The van der Waals surface area contributed by atoms with Crippen molar-refractivity contribution in [3.8, 4) is 0 Å². The number of amides is 3. The molecule has 0 radical (unpaired) electrons. The zero-order chi connectivity index (χ0) is 19.4. The fourth-order valence-corrected chi connectivity index (χ4v) is 3.54. The number of hydrogen-bond donors (Lipinski definition) is 1. The van der Waals surface area contributed by atoms with Crippen molar-refractivity contribution >= 4 is 29.4 Å². The minimum atomic E-state index is -0.649. The standard InChI is InChI=1S/C19H23N3O5/c20-18(25)15-7-1-2-9-22(15)17(24)12-27-19(26)13-5-3-6-14(11-13)21-10-4-8-16(21)23/h3,5-6,11,15H,1-2,4,7-10,12H2,(H2,20,25)/t15-/m1/s1. The summed E-state index contributed by atoms with van der Waals surface area (Å²) in [4.78, 5) is 51.0. The Morgan fingerprint density at radius 3 is 2.67 bits per heavy atom. The second-order valence-corrected chi connectivity index (χ2v) is 6.78. The average Bonchev–Trinajstić information content (AvgIpc) is 3.11. The number of primary amides is 1. The quantitative estimate of drug-likeness (QED) is 0.769. The molecule has 0 spiro atoms. The Kier molecular flexibility index (Phi) is 5.73. The number of carbonyl (C=O) groups excluding carboxylic acids is 4. The van der Waals surface area contributed by atoms with Crippen molar-refractivity contribution in [1.29, 1.82) is 0 Å². The predicted octanol–water partition coefficient (Wildman–Crippen LogP) is 0.837. The summed E-state index contributed by atoms with van der Waals surface area (Å²) in [6, 6.07) is 5.95. The third-order valence-corrected chi connectivity index (χ3v) is 4.95. The molecule has 2 N–H and O–H groups in total. The minimum absolute atomic E-state index is 0.0262. The maximum atomic E-state index is 12.4. The molecule has 0 aliphatic carbocycles. The van der Waals surface area contributed by atoms with E-state index in [1.54, 1.807) is 29.2 Å². The fourth-order valence-electron chi connectivity index (χ4n) is 3.54. The highest BCUT2D eigenvalue weighted by Crippen LogP contribution is 2.23. The Morgan fingerprint density at radius 1 is 1.15 bits per heavy atom. The van der Waals surface area contributed by atoms with Crippen LogP contribution in [0.5, 0.6) is 0 Å². The number of hydrogen-bond acceptors (Lipinski definition) is 5. The van der Waals surface area contributed by atoms with E-state index in [9.17, 15) is 19.2 Å². The van der Waals surface area contributed by atoms with Crippen molar-refractivity contribution in [1.82, 2.24) is 4.90 Å². The van der Waals surface area contributed by atoms with E-state index >= 15 is 0 Å². The van der Waals surface area contributed by atoms with Gasteiger partial charge in [-0.2, -0.15) is 0 Å². The molecule has 2 saturated heterocycles. The van der Waals surface area contributed by atoms with Crippen LogP contribution >= 0.6 is 0 Å². The molecule has 144 valence electrons. The first-order valence-corrected chi connectivity index (χ1v) is 9.13. The number of rotatable bonds is 5. The van der Waals surface area contributed by atoms with Crippen LogP contribution in [0.2, 0.25) is 0 Å². The topological polar surface area (TPSA) is 110 Å². The smallest absolute Gasteiger partial charge is 0.338 e. The van der Waals surface area contributed by atoms with Crippen molar-refractivity contribution in [2.45, 2.75) is 38.1 Å². The molecule has 2 fully saturated rings. The van der Waals surface area contributed by atoms with Gasteiger partial charge < -0.3 is 20.3 Å². The number of nitrogens with zero attached hydrogens (tertiary/aromatic N) is 2. The summed E-state index contributed by atoms with van der Waals surface area (Å²) in [5.41, 5.74) is 6.27. The van der Waals surface area contributed by atoms with Crippen molar-refractivity contribution in [3.63, 3.8) is 0 Å². The highest BCUT2D eigenvalue weighted by molar-refractivity contribution is 5.98. The molecule has 3 rings (SSSR count). The van der Waals surface area contributed by atoms with Crippen LogP contribution in [0.25, 0.3) is 0 Å². The Bertz CT molecular complexity index is 763. The van der Waals surface area contributed by atoms with Crippen LogP contribution in [-0.2, 0) is 19.1 Å². The minimum Gasteiger partial charge on any atom is -0.452 e. The van der Waals surface area contributed by atoms with Gasteiger partial charge in [0.1, 0.15) is 6.04 Å². The van der Waals surface area contributed by atoms with Gasteiger partial charge in [0, 0.05) is 25.2 Å². The number of benzene rings is 1. The van der Waals surface area contributed by atoms with Gasteiger partial charge in [-0.1, -0.05) is 6.07 Å². The number of likely N-dealkylation sites (tertiary alicyclic amines) is 1. The molecular formula is C19H23N3O5. The average molecular weight is 373 g/mol. The molecule has 1 atom stereocenters. The first-order chi connectivity index (χ1) is 13.0. The number of esters is 1. The van der Waals surface area contributed by atoms with Crippen LogP contribution < -0.4 is 10.6 Å². The summed E-state index contributed by atoms with van der Waals surface area (Å²) >= 11 is 0. The number of nitrogens with two attached hydrogens (primary N) is 1. The summed E-state index contributed by atoms with van der Waals surface area (Å²) < 4.78 is 5.13. The van der Waals surface area contributed by atoms with E-state index in [1.807, 2.05) is 0 Å². The number of piperidine rings is 1. The van der Waals surface area contributed by atoms with E-state index < -0.39 is 30.4 Å². The van der Waals surface area contributed by atoms with Crippen LogP contribution in [-0.4, -0.2) is 54.3 Å². The van der Waals surface area contributed by atoms with Gasteiger partial charge in [-0.15, -0.1) is 0 Å². The second-order valence-electron chi connectivity index (χ2n) is 6.78. The molecule has 8 heteroatoms. The number of anilines is 1. The molecule has 27 heavy (non-hydrogen) atoms. The molecule has 0 unspecified atom stereocenters. The maximum absolute atomic E-state index is 12.4. The van der Waals surface area contributed by atoms with Crippen molar-refractivity contribution in [3.05, 3.63) is 29.8 Å². The molecule has 0 aromatic heterocycles. The summed E-state index contributed by atoms with van der Waals surface area (Å²) in [6.07, 6.45) is 3.44. The van der Waals surface area contributed by atoms with E-state index in [-0.39, 0.29) is 11.5 Å².